The van der Waals surface area contributed by atoms with Crippen molar-refractivity contribution in [3.8, 4) is 0 Å². The molecule has 3 saturated heterocycles. The fraction of sp³-hybridized carbons (Fsp3) is 0.750. The van der Waals surface area contributed by atoms with E-state index in [1.54, 1.807) is 28.8 Å². The molecule has 1 aliphatic carbocycles. The van der Waals surface area contributed by atoms with Crippen LogP contribution in [0.5, 0.6) is 0 Å². The molecule has 0 radical (unpaired) electrons. The maximum Gasteiger partial charge on any atom is 0.247 e. The van der Waals surface area contributed by atoms with E-state index in [-0.39, 0.29) is 35.6 Å². The van der Waals surface area contributed by atoms with Crippen LogP contribution in [0.3, 0.4) is 0 Å². The Morgan fingerprint density at radius 3 is 2.47 bits per heavy atom. The van der Waals surface area contributed by atoms with Crippen molar-refractivity contribution in [3.63, 3.8) is 0 Å². The zero-order chi connectivity index (χ0) is 26.0. The Morgan fingerprint density at radius 2 is 1.86 bits per heavy atom. The summed E-state index contributed by atoms with van der Waals surface area (Å²) >= 11 is 1.70. The van der Waals surface area contributed by atoms with Crippen molar-refractivity contribution in [3.05, 3.63) is 25.3 Å². The monoisotopic (exact) mass is 517 g/mol. The van der Waals surface area contributed by atoms with Gasteiger partial charge in [0.25, 0.3) is 0 Å². The first-order valence-corrected chi connectivity index (χ1v) is 14.7. The summed E-state index contributed by atoms with van der Waals surface area (Å²) in [6.45, 7) is 12.9. The summed E-state index contributed by atoms with van der Waals surface area (Å²) in [5.41, 5.74) is 0. The van der Waals surface area contributed by atoms with E-state index in [9.17, 15) is 19.5 Å². The molecule has 2 bridgehead atoms. The molecule has 7 nitrogen and oxygen atoms in total. The highest BCUT2D eigenvalue weighted by molar-refractivity contribution is 8.02. The van der Waals surface area contributed by atoms with Crippen LogP contribution >= 0.6 is 11.8 Å². The average molecular weight is 518 g/mol. The minimum atomic E-state index is -0.661. The molecule has 2 unspecified atom stereocenters. The van der Waals surface area contributed by atoms with Crippen molar-refractivity contribution in [1.29, 1.82) is 0 Å². The Kier molecular flexibility index (Phi) is 8.55. The van der Waals surface area contributed by atoms with E-state index in [1.807, 2.05) is 23.6 Å². The van der Waals surface area contributed by atoms with E-state index in [0.29, 0.717) is 19.6 Å². The Balaban J connectivity index is 1.73. The third-order valence-corrected chi connectivity index (χ3v) is 10.7. The lowest BCUT2D eigenvalue weighted by Gasteiger charge is -2.42. The number of likely N-dealkylation sites (tertiary alicyclic amines) is 1. The number of hydrogen-bond donors (Lipinski definition) is 1. The van der Waals surface area contributed by atoms with Gasteiger partial charge in [0.2, 0.25) is 17.7 Å². The van der Waals surface area contributed by atoms with Crippen LogP contribution < -0.4 is 0 Å². The van der Waals surface area contributed by atoms with Crippen LogP contribution in [-0.4, -0.2) is 91.9 Å². The van der Waals surface area contributed by atoms with Gasteiger partial charge in [0.05, 0.1) is 29.2 Å². The second kappa shape index (κ2) is 11.3. The van der Waals surface area contributed by atoms with Gasteiger partial charge in [0.15, 0.2) is 0 Å². The average Bonchev–Trinajstić information content (AvgIpc) is 3.53. The molecule has 4 rings (SSSR count). The number of carbonyl (C=O) groups excluding carboxylic acids is 3. The van der Waals surface area contributed by atoms with Gasteiger partial charge in [-0.1, -0.05) is 38.3 Å². The van der Waals surface area contributed by atoms with Crippen LogP contribution in [0, 0.1) is 11.8 Å². The summed E-state index contributed by atoms with van der Waals surface area (Å²) in [7, 11) is 0. The van der Waals surface area contributed by atoms with Gasteiger partial charge in [0, 0.05) is 30.9 Å². The van der Waals surface area contributed by atoms with Crippen LogP contribution in [0.25, 0.3) is 0 Å². The van der Waals surface area contributed by atoms with Gasteiger partial charge in [-0.05, 0) is 39.0 Å². The summed E-state index contributed by atoms with van der Waals surface area (Å²) in [4.78, 5) is 47.8. The number of carbonyl (C=O) groups is 3. The smallest absolute Gasteiger partial charge is 0.247 e. The fourth-order valence-electron chi connectivity index (χ4n) is 7.25. The first-order chi connectivity index (χ1) is 17.4. The van der Waals surface area contributed by atoms with E-state index >= 15 is 0 Å². The molecule has 6 atom stereocenters. The molecule has 1 saturated carbocycles. The van der Waals surface area contributed by atoms with Gasteiger partial charge in [-0.15, -0.1) is 24.9 Å². The molecule has 0 aromatic heterocycles. The van der Waals surface area contributed by atoms with E-state index in [4.69, 9.17) is 0 Å². The first-order valence-electron chi connectivity index (χ1n) is 13.8. The minimum absolute atomic E-state index is 0.00843. The molecule has 36 heavy (non-hydrogen) atoms. The van der Waals surface area contributed by atoms with Crippen molar-refractivity contribution in [2.45, 2.75) is 93.3 Å². The summed E-state index contributed by atoms with van der Waals surface area (Å²) in [6.07, 6.45) is 11.3. The molecule has 0 aromatic rings. The number of fused-ring (bicyclic) bond motifs is 1. The summed E-state index contributed by atoms with van der Waals surface area (Å²) in [5, 5.41) is 10.2. The van der Waals surface area contributed by atoms with Crippen molar-refractivity contribution in [1.82, 2.24) is 14.7 Å². The molecule has 8 heteroatoms. The Bertz CT molecular complexity index is 875. The van der Waals surface area contributed by atoms with E-state index in [1.165, 1.54) is 6.42 Å². The zero-order valence-electron chi connectivity index (χ0n) is 21.9. The minimum Gasteiger partial charge on any atom is -0.394 e. The van der Waals surface area contributed by atoms with Gasteiger partial charge in [0.1, 0.15) is 6.04 Å². The standard InChI is InChI=1S/C28H43N3O4S/c1-5-15-29(16-6-2)25(33)22-21-13-14-28(36-21)23(22)26(34)31(19(4)18-32)24(28)27(35)30(17-7-3)20-11-9-8-10-12-20/h5,7,19-24,32H,1,3,6,8-18H2,2,4H3/t19-,21+,22-,23+,24?,28?/m1/s1. The SMILES string of the molecule is C=CCN(CCC)C(=O)[C@@H]1[C@@H]2CCC3(S2)C(C(=O)N(CC=C)C2CCCCC2)N([C@H](C)CO)C(=O)[C@H]13. The number of rotatable bonds is 11. The molecule has 3 aliphatic heterocycles. The molecule has 4 aliphatic rings. The quantitative estimate of drug-likeness (QED) is 0.426. The highest BCUT2D eigenvalue weighted by atomic mass is 32.2. The molecule has 3 heterocycles. The van der Waals surface area contributed by atoms with Crippen LogP contribution in [0.2, 0.25) is 0 Å². The van der Waals surface area contributed by atoms with Gasteiger partial charge in [-0.25, -0.2) is 0 Å². The highest BCUT2D eigenvalue weighted by Crippen LogP contribution is 2.67. The maximum absolute atomic E-state index is 14.4. The summed E-state index contributed by atoms with van der Waals surface area (Å²) in [5.74, 6) is -1.13. The summed E-state index contributed by atoms with van der Waals surface area (Å²) in [6, 6.07) is -1.00. The van der Waals surface area contributed by atoms with Crippen molar-refractivity contribution < 1.29 is 19.5 Å². The normalized spacial score (nSPS) is 32.3. The zero-order valence-corrected chi connectivity index (χ0v) is 22.8. The molecule has 1 spiro atoms. The molecular weight excluding hydrogens is 474 g/mol. The predicted octanol–water partition coefficient (Wildman–Crippen LogP) is 3.23. The number of amides is 3. The van der Waals surface area contributed by atoms with Crippen molar-refractivity contribution >= 4 is 29.5 Å². The van der Waals surface area contributed by atoms with Gasteiger partial charge >= 0.3 is 0 Å². The Hall–Kier alpha value is -1.80. The molecule has 4 fully saturated rings. The number of nitrogens with zero attached hydrogens (tertiary/aromatic N) is 3. The number of thioether (sulfide) groups is 1. The third kappa shape index (κ3) is 4.42. The van der Waals surface area contributed by atoms with Crippen LogP contribution in [0.4, 0.5) is 0 Å². The number of aliphatic hydroxyl groups excluding tert-OH is 1. The number of aliphatic hydroxyl groups is 1. The van der Waals surface area contributed by atoms with Gasteiger partial charge in [-0.2, -0.15) is 0 Å². The van der Waals surface area contributed by atoms with Crippen molar-refractivity contribution in [2.24, 2.45) is 11.8 Å². The highest BCUT2D eigenvalue weighted by Gasteiger charge is 2.74. The second-order valence-electron chi connectivity index (χ2n) is 11.0. The largest absolute Gasteiger partial charge is 0.394 e. The van der Waals surface area contributed by atoms with E-state index in [0.717, 1.165) is 44.9 Å². The van der Waals surface area contributed by atoms with E-state index < -0.39 is 28.7 Å². The lowest BCUT2D eigenvalue weighted by Crippen LogP contribution is -2.59. The van der Waals surface area contributed by atoms with E-state index in [2.05, 4.69) is 13.2 Å². The Morgan fingerprint density at radius 1 is 1.17 bits per heavy atom. The third-order valence-electron chi connectivity index (χ3n) is 8.78. The van der Waals surface area contributed by atoms with Crippen molar-refractivity contribution in [2.75, 3.05) is 26.2 Å². The van der Waals surface area contributed by atoms with Gasteiger partial charge < -0.3 is 19.8 Å². The fourth-order valence-corrected chi connectivity index (χ4v) is 9.44. The van der Waals surface area contributed by atoms with Crippen LogP contribution in [0.15, 0.2) is 25.3 Å². The lowest BCUT2D eigenvalue weighted by molar-refractivity contribution is -0.147. The predicted molar refractivity (Wildman–Crippen MR) is 143 cm³/mol. The van der Waals surface area contributed by atoms with Crippen LogP contribution in [-0.2, 0) is 14.4 Å². The van der Waals surface area contributed by atoms with Gasteiger partial charge in [-0.3, -0.25) is 14.4 Å². The Labute approximate surface area is 220 Å². The van der Waals surface area contributed by atoms with Crippen LogP contribution in [0.1, 0.15) is 65.2 Å². The molecular formula is C28H43N3O4S. The summed E-state index contributed by atoms with van der Waals surface area (Å²) < 4.78 is -0.622. The molecule has 1 N–H and O–H groups in total. The maximum atomic E-state index is 14.4. The number of hydrogen-bond acceptors (Lipinski definition) is 5. The topological polar surface area (TPSA) is 81.2 Å². The lowest BCUT2D eigenvalue weighted by atomic mass is 9.70. The first kappa shape index (κ1) is 27.2. The molecule has 0 aromatic carbocycles. The molecule has 200 valence electrons. The second-order valence-corrected chi connectivity index (χ2v) is 12.6. The molecule has 3 amide bonds.